The van der Waals surface area contributed by atoms with Crippen LogP contribution in [0.3, 0.4) is 0 Å². The van der Waals surface area contributed by atoms with Gasteiger partial charge in [0.2, 0.25) is 0 Å². The van der Waals surface area contributed by atoms with Crippen molar-refractivity contribution in [1.82, 2.24) is 0 Å². The van der Waals surface area contributed by atoms with Gasteiger partial charge in [0, 0.05) is 7.11 Å². The maximum absolute atomic E-state index is 7.00. The third kappa shape index (κ3) is 3760. The monoisotopic (exact) mass is 2980 g/mol. The standard InChI is InChI=1S/25CHCl3.CH4O/c25*2-1(3)4;1-2/h25*1H;2H,1H3. The second kappa shape index (κ2) is 194. The molecule has 0 aliphatic rings. The molecule has 0 radical (unpaired) electrons. The van der Waals surface area contributed by atoms with E-state index in [9.17, 15) is 0 Å². The van der Waals surface area contributed by atoms with Crippen molar-refractivity contribution in [2.45, 2.75) is 107 Å². The lowest BCUT2D eigenvalue weighted by atomic mass is 11.8. The van der Waals surface area contributed by atoms with Gasteiger partial charge in [-0.15, -0.1) is 0 Å². The van der Waals surface area contributed by atoms with Gasteiger partial charge in [-0.05, 0) is 0 Å². The highest BCUT2D eigenvalue weighted by atomic mass is 35.7. The van der Waals surface area contributed by atoms with Crippen molar-refractivity contribution in [3.05, 3.63) is 0 Å². The number of alkyl halides is 75. The molecule has 0 saturated heterocycles. The first-order valence-corrected chi connectivity index (χ1v) is 49.5. The first-order chi connectivity index (χ1) is 44.3. The lowest BCUT2D eigenvalue weighted by Crippen LogP contribution is -1.55. The van der Waals surface area contributed by atoms with Gasteiger partial charge >= 0.3 is 0 Å². The van der Waals surface area contributed by atoms with Crippen LogP contribution in [-0.2, 0) is 0 Å². The largest absolute Gasteiger partial charge is 0.400 e. The molecule has 0 rings (SSSR count). The van der Waals surface area contributed by atoms with Crippen LogP contribution >= 0.6 is 870 Å². The Hall–Kier alpha value is 21.7. The highest BCUT2D eigenvalue weighted by Gasteiger charge is 1.87. The molecule has 0 heterocycles. The van der Waals surface area contributed by atoms with Crippen LogP contribution in [0, 0.1) is 0 Å². The molecule has 0 saturated carbocycles. The number of aliphatic hydroxyl groups excluding tert-OH is 1. The van der Waals surface area contributed by atoms with Gasteiger partial charge in [0.05, 0.1) is 0 Å². The van der Waals surface area contributed by atoms with Crippen LogP contribution in [0.25, 0.3) is 0 Å². The van der Waals surface area contributed by atoms with Crippen LogP contribution < -0.4 is 0 Å². The number of rotatable bonds is 0. The number of hydrogen-bond donors (Lipinski definition) is 1. The third-order valence-electron chi connectivity index (χ3n) is 0. The molecule has 1 N–H and O–H groups in total. The van der Waals surface area contributed by atoms with Crippen LogP contribution in [-0.4, -0.2) is 120 Å². The number of halogens is 75. The highest BCUT2D eigenvalue weighted by Crippen LogP contribution is 2.13. The van der Waals surface area contributed by atoms with Gasteiger partial charge in [-0.2, -0.15) is 0 Å². The smallest absolute Gasteiger partial charge is 0.180 e. The fourth-order valence-corrected chi connectivity index (χ4v) is 0. The van der Waals surface area contributed by atoms with Crippen LogP contribution in [0.15, 0.2) is 0 Å². The maximum Gasteiger partial charge on any atom is 0.180 e. The van der Waals surface area contributed by atoms with E-state index in [4.69, 9.17) is 875 Å². The van der Waals surface area contributed by atoms with Crippen molar-refractivity contribution in [2.75, 3.05) is 7.11 Å². The summed E-state index contributed by atoms with van der Waals surface area (Å²) >= 11 is 360. The predicted octanol–water partition coefficient (Wildman–Crippen LogP) is 49.3. The number of aliphatic hydroxyl groups is 1. The van der Waals surface area contributed by atoms with Crippen LogP contribution in [0.4, 0.5) is 0 Å². The Bertz CT molecular complexity index is 558. The SMILES string of the molecule is CO.ClC(Cl)Cl.ClC(Cl)Cl.ClC(Cl)Cl.ClC(Cl)Cl.ClC(Cl)Cl.ClC(Cl)Cl.ClC(Cl)Cl.ClC(Cl)Cl.ClC(Cl)Cl.ClC(Cl)Cl.ClC(Cl)Cl.ClC(Cl)Cl.ClC(Cl)Cl.ClC(Cl)Cl.ClC(Cl)Cl.ClC(Cl)Cl.ClC(Cl)Cl.ClC(Cl)Cl.ClC(Cl)Cl.ClC(Cl)Cl.ClC(Cl)Cl.ClC(Cl)Cl.ClC(Cl)Cl.ClC(Cl)Cl.ClC(Cl)Cl. The highest BCUT2D eigenvalue weighted by molar-refractivity contribution is 6.72. The van der Waals surface area contributed by atoms with Crippen molar-refractivity contribution in [3.8, 4) is 0 Å². The number of hydrogen-bond acceptors (Lipinski definition) is 1. The minimum atomic E-state index is -0.750. The zero-order valence-corrected chi connectivity index (χ0v) is 101. The van der Waals surface area contributed by atoms with Crippen molar-refractivity contribution in [2.24, 2.45) is 0 Å². The summed E-state index contributed by atoms with van der Waals surface area (Å²) in [6.07, 6.45) is 0. The second-order valence-electron chi connectivity index (χ2n) is 6.19. The predicted molar refractivity (Wildman–Crippen MR) is 542 cm³/mol. The molecule has 0 aromatic rings. The van der Waals surface area contributed by atoms with Gasteiger partial charge < -0.3 is 5.11 Å². The molecule has 0 amide bonds. The Labute approximate surface area is 971 Å². The van der Waals surface area contributed by atoms with Crippen molar-refractivity contribution in [1.29, 1.82) is 0 Å². The minimum absolute atomic E-state index is 0.750. The van der Waals surface area contributed by atoms with Gasteiger partial charge in [-0.1, -0.05) is 870 Å². The summed E-state index contributed by atoms with van der Waals surface area (Å²) in [7, 11) is 1.00. The molecule has 0 aromatic carbocycles. The van der Waals surface area contributed by atoms with Gasteiger partial charge in [-0.3, -0.25) is 0 Å². The molecule has 0 bridgehead atoms. The van der Waals surface area contributed by atoms with Gasteiger partial charge in [0.1, 0.15) is 0 Å². The molecule has 0 fully saturated rings. The fraction of sp³-hybridized carbons (Fsp3) is 1.00. The molecule has 0 aromatic heterocycles. The van der Waals surface area contributed by atoms with E-state index in [1.807, 2.05) is 0 Å². The summed E-state index contributed by atoms with van der Waals surface area (Å²) in [4.78, 5) is 0. The molecule has 0 aliphatic carbocycles. The van der Waals surface area contributed by atoms with E-state index in [-0.39, 0.29) is 0 Å². The normalized spacial score (nSPS) is 8.88. The quantitative estimate of drug-likeness (QED) is 0.240. The Kier molecular flexibility index (Phi) is 372. The Balaban J connectivity index is -0.0000000246. The van der Waals surface area contributed by atoms with E-state index < -0.39 is 107 Å². The summed E-state index contributed by atoms with van der Waals surface area (Å²) in [6, 6.07) is 0. The van der Waals surface area contributed by atoms with E-state index in [0.717, 1.165) is 7.11 Å². The van der Waals surface area contributed by atoms with Crippen molar-refractivity contribution in [3.63, 3.8) is 0 Å². The van der Waals surface area contributed by atoms with Crippen LogP contribution in [0.5, 0.6) is 0 Å². The molecular weight excluding hydrogens is 2990 g/mol. The molecule has 0 aliphatic heterocycles. The topological polar surface area (TPSA) is 20.2 Å². The Morgan fingerprint density at radius 1 is 0.0686 bits per heavy atom. The molecule has 0 unspecified atom stereocenters. The Morgan fingerprint density at radius 2 is 0.0686 bits per heavy atom. The molecule has 1 nitrogen and oxygen atoms in total. The summed E-state index contributed by atoms with van der Waals surface area (Å²) in [5.74, 6) is 0. The summed E-state index contributed by atoms with van der Waals surface area (Å²) < 4.78 is -18.7. The molecule has 76 heteroatoms. The maximum atomic E-state index is 7.00. The van der Waals surface area contributed by atoms with Crippen LogP contribution in [0.1, 0.15) is 0 Å². The first-order valence-electron chi connectivity index (χ1n) is 16.8. The van der Waals surface area contributed by atoms with Gasteiger partial charge in [-0.25, -0.2) is 0 Å². The average Bonchev–Trinajstić information content (AvgIpc) is 3.19. The zero-order valence-electron chi connectivity index (χ0n) is 44.2. The van der Waals surface area contributed by atoms with E-state index in [0.29, 0.717) is 0 Å². The van der Waals surface area contributed by atoms with E-state index in [2.05, 4.69) is 0 Å². The summed E-state index contributed by atoms with van der Waals surface area (Å²) in [5, 5.41) is 7.00. The molecule has 102 heavy (non-hydrogen) atoms. The van der Waals surface area contributed by atoms with Gasteiger partial charge in [0.15, 0.2) is 107 Å². The minimum Gasteiger partial charge on any atom is -0.400 e. The average molecular weight is 3020 g/mol. The van der Waals surface area contributed by atoms with Crippen LogP contribution in [0.2, 0.25) is 0 Å². The fourth-order valence-electron chi connectivity index (χ4n) is 0. The van der Waals surface area contributed by atoms with E-state index in [1.165, 1.54) is 0 Å². The lowest BCUT2D eigenvalue weighted by Gasteiger charge is -1.69. The lowest BCUT2D eigenvalue weighted by molar-refractivity contribution is 0.399. The van der Waals surface area contributed by atoms with Crippen molar-refractivity contribution >= 4 is 870 Å². The van der Waals surface area contributed by atoms with Gasteiger partial charge in [0.25, 0.3) is 0 Å². The second-order valence-corrected chi connectivity index (χ2v) is 55.7. The first kappa shape index (κ1) is 195. The summed E-state index contributed by atoms with van der Waals surface area (Å²) in [6.45, 7) is 0. The third-order valence-corrected chi connectivity index (χ3v) is 0. The molecule has 664 valence electrons. The molecular formula is C26H29Cl75O. The van der Waals surface area contributed by atoms with Crippen molar-refractivity contribution < 1.29 is 5.11 Å². The van der Waals surface area contributed by atoms with E-state index in [1.54, 1.807) is 0 Å². The molecule has 0 atom stereocenters. The Morgan fingerprint density at radius 3 is 0.0686 bits per heavy atom. The molecule has 0 spiro atoms. The summed E-state index contributed by atoms with van der Waals surface area (Å²) in [5.41, 5.74) is 0. The zero-order chi connectivity index (χ0) is 91.4. The van der Waals surface area contributed by atoms with E-state index >= 15 is 0 Å².